The van der Waals surface area contributed by atoms with Crippen molar-refractivity contribution in [2.45, 2.75) is 34.6 Å². The molecular formula is C13H22FNO2. The smallest absolute Gasteiger partial charge is 0.221 e. The van der Waals surface area contributed by atoms with Crippen LogP contribution in [-0.2, 0) is 4.79 Å². The van der Waals surface area contributed by atoms with Gasteiger partial charge in [0.15, 0.2) is 11.6 Å². The van der Waals surface area contributed by atoms with Crippen molar-refractivity contribution in [3.63, 3.8) is 0 Å². The van der Waals surface area contributed by atoms with Crippen molar-refractivity contribution < 1.29 is 13.9 Å². The number of hydrogen-bond donors (Lipinski definition) is 1. The summed E-state index contributed by atoms with van der Waals surface area (Å²) in [4.78, 5) is 10.6. The highest BCUT2D eigenvalue weighted by Crippen LogP contribution is 2.20. The van der Waals surface area contributed by atoms with Crippen LogP contribution in [0.15, 0.2) is 18.2 Å². The third-order valence-corrected chi connectivity index (χ3v) is 1.47. The minimum absolute atomic E-state index is 0.161. The van der Waals surface area contributed by atoms with Gasteiger partial charge in [0.1, 0.15) is 0 Å². The van der Waals surface area contributed by atoms with Gasteiger partial charge in [-0.3, -0.25) is 4.79 Å². The molecule has 0 bridgehead atoms. The summed E-state index contributed by atoms with van der Waals surface area (Å²) in [6.45, 7) is 9.36. The molecule has 0 aliphatic rings. The van der Waals surface area contributed by atoms with Gasteiger partial charge in [0.2, 0.25) is 5.91 Å². The average Bonchev–Trinajstić information content (AvgIpc) is 2.34. The molecule has 0 aliphatic carbocycles. The van der Waals surface area contributed by atoms with Crippen molar-refractivity contribution in [2.75, 3.05) is 12.4 Å². The minimum atomic E-state index is -0.492. The number of carbonyl (C=O) groups is 1. The molecular weight excluding hydrogens is 221 g/mol. The van der Waals surface area contributed by atoms with Crippen LogP contribution >= 0.6 is 0 Å². The van der Waals surface area contributed by atoms with E-state index in [0.717, 1.165) is 0 Å². The van der Waals surface area contributed by atoms with Crippen molar-refractivity contribution in [1.82, 2.24) is 0 Å². The van der Waals surface area contributed by atoms with E-state index in [1.54, 1.807) is 6.07 Å². The normalized spacial score (nSPS) is 7.94. The van der Waals surface area contributed by atoms with Gasteiger partial charge in [-0.05, 0) is 12.1 Å². The summed E-state index contributed by atoms with van der Waals surface area (Å²) < 4.78 is 17.7. The van der Waals surface area contributed by atoms with Crippen molar-refractivity contribution in [1.29, 1.82) is 0 Å². The lowest BCUT2D eigenvalue weighted by Crippen LogP contribution is -2.05. The summed E-state index contributed by atoms with van der Waals surface area (Å²) >= 11 is 0. The molecule has 0 heterocycles. The Morgan fingerprint density at radius 3 is 2.12 bits per heavy atom. The Balaban J connectivity index is 0. The number of halogens is 1. The second kappa shape index (κ2) is 10.9. The Bertz CT molecular complexity index is 327. The number of anilines is 1. The highest BCUT2D eigenvalue weighted by Gasteiger charge is 2.03. The maximum atomic E-state index is 13.0. The SMILES string of the molecule is CC.CC.COc1ccc(NC(C)=O)cc1F. The molecule has 98 valence electrons. The zero-order valence-corrected chi connectivity index (χ0v) is 11.4. The first kappa shape index (κ1) is 17.8. The molecule has 0 saturated heterocycles. The lowest BCUT2D eigenvalue weighted by atomic mass is 10.3. The number of rotatable bonds is 2. The molecule has 0 saturated carbocycles. The van der Waals surface area contributed by atoms with Crippen molar-refractivity contribution in [3.05, 3.63) is 24.0 Å². The molecule has 0 aromatic heterocycles. The topological polar surface area (TPSA) is 38.3 Å². The molecule has 1 aromatic carbocycles. The van der Waals surface area contributed by atoms with Gasteiger partial charge in [0, 0.05) is 18.7 Å². The van der Waals surface area contributed by atoms with E-state index in [0.29, 0.717) is 5.69 Å². The van der Waals surface area contributed by atoms with Gasteiger partial charge in [-0.25, -0.2) is 4.39 Å². The molecule has 3 nitrogen and oxygen atoms in total. The fourth-order valence-corrected chi connectivity index (χ4v) is 0.947. The molecule has 0 unspecified atom stereocenters. The van der Waals surface area contributed by atoms with E-state index in [2.05, 4.69) is 5.32 Å². The van der Waals surface area contributed by atoms with E-state index in [9.17, 15) is 9.18 Å². The van der Waals surface area contributed by atoms with Gasteiger partial charge in [-0.15, -0.1) is 0 Å². The lowest BCUT2D eigenvalue weighted by Gasteiger charge is -2.04. The molecule has 1 rings (SSSR count). The summed E-state index contributed by atoms with van der Waals surface area (Å²) in [7, 11) is 1.39. The number of nitrogens with one attached hydrogen (secondary N) is 1. The monoisotopic (exact) mass is 243 g/mol. The van der Waals surface area contributed by atoms with Crippen LogP contribution in [0.4, 0.5) is 10.1 Å². The van der Waals surface area contributed by atoms with Crippen molar-refractivity contribution >= 4 is 11.6 Å². The fraction of sp³-hybridized carbons (Fsp3) is 0.462. The van der Waals surface area contributed by atoms with Crippen molar-refractivity contribution in [2.24, 2.45) is 0 Å². The zero-order chi connectivity index (χ0) is 13.8. The predicted octanol–water partition coefficient (Wildman–Crippen LogP) is 3.85. The van der Waals surface area contributed by atoms with Crippen LogP contribution in [0.5, 0.6) is 5.75 Å². The molecule has 0 aliphatic heterocycles. The van der Waals surface area contributed by atoms with E-state index in [-0.39, 0.29) is 11.7 Å². The standard InChI is InChI=1S/C9H10FNO2.2C2H6/c1-6(12)11-7-3-4-9(13-2)8(10)5-7;2*1-2/h3-5H,1-2H3,(H,11,12);2*1-2H3. The Hall–Kier alpha value is -1.58. The largest absolute Gasteiger partial charge is 0.494 e. The molecule has 0 fully saturated rings. The Morgan fingerprint density at radius 2 is 1.76 bits per heavy atom. The third-order valence-electron chi connectivity index (χ3n) is 1.47. The predicted molar refractivity (Wildman–Crippen MR) is 70.0 cm³/mol. The Labute approximate surface area is 103 Å². The quantitative estimate of drug-likeness (QED) is 0.856. The molecule has 1 aromatic rings. The number of amides is 1. The fourth-order valence-electron chi connectivity index (χ4n) is 0.947. The zero-order valence-electron chi connectivity index (χ0n) is 11.4. The summed E-state index contributed by atoms with van der Waals surface area (Å²) in [6, 6.07) is 4.24. The van der Waals surface area contributed by atoms with Crippen LogP contribution in [0.3, 0.4) is 0 Å². The summed E-state index contributed by atoms with van der Waals surface area (Å²) in [5.41, 5.74) is 0.422. The number of hydrogen-bond acceptors (Lipinski definition) is 2. The molecule has 0 spiro atoms. The van der Waals surface area contributed by atoms with E-state index >= 15 is 0 Å². The van der Waals surface area contributed by atoms with Crippen LogP contribution in [-0.4, -0.2) is 13.0 Å². The van der Waals surface area contributed by atoms with Crippen LogP contribution in [0.1, 0.15) is 34.6 Å². The van der Waals surface area contributed by atoms with E-state index in [4.69, 9.17) is 4.74 Å². The molecule has 17 heavy (non-hydrogen) atoms. The van der Waals surface area contributed by atoms with Crippen LogP contribution in [0.2, 0.25) is 0 Å². The van der Waals surface area contributed by atoms with Gasteiger partial charge >= 0.3 is 0 Å². The second-order valence-electron chi connectivity index (χ2n) is 2.53. The highest BCUT2D eigenvalue weighted by atomic mass is 19.1. The van der Waals surface area contributed by atoms with Gasteiger partial charge < -0.3 is 10.1 Å². The number of methoxy groups -OCH3 is 1. The first-order chi connectivity index (χ1) is 8.13. The number of carbonyl (C=O) groups excluding carboxylic acids is 1. The van der Waals surface area contributed by atoms with Gasteiger partial charge in [-0.1, -0.05) is 27.7 Å². The molecule has 1 amide bonds. The molecule has 1 N–H and O–H groups in total. The van der Waals surface area contributed by atoms with E-state index in [1.165, 1.54) is 26.2 Å². The third kappa shape index (κ3) is 7.33. The van der Waals surface area contributed by atoms with Gasteiger partial charge in [-0.2, -0.15) is 0 Å². The maximum absolute atomic E-state index is 13.0. The average molecular weight is 243 g/mol. The maximum Gasteiger partial charge on any atom is 0.221 e. The van der Waals surface area contributed by atoms with Crippen LogP contribution in [0, 0.1) is 5.82 Å². The van der Waals surface area contributed by atoms with Crippen LogP contribution < -0.4 is 10.1 Å². The van der Waals surface area contributed by atoms with Crippen molar-refractivity contribution in [3.8, 4) is 5.75 Å². The summed E-state index contributed by atoms with van der Waals surface area (Å²) in [5.74, 6) is -0.563. The second-order valence-corrected chi connectivity index (χ2v) is 2.53. The first-order valence-corrected chi connectivity index (χ1v) is 5.74. The molecule has 0 radical (unpaired) electrons. The first-order valence-electron chi connectivity index (χ1n) is 5.74. The Morgan fingerprint density at radius 1 is 1.24 bits per heavy atom. The van der Waals surface area contributed by atoms with Crippen LogP contribution in [0.25, 0.3) is 0 Å². The van der Waals surface area contributed by atoms with E-state index in [1.807, 2.05) is 27.7 Å². The number of benzene rings is 1. The molecule has 4 heteroatoms. The number of ether oxygens (including phenoxy) is 1. The highest BCUT2D eigenvalue weighted by molar-refractivity contribution is 5.88. The van der Waals surface area contributed by atoms with Gasteiger partial charge in [0.25, 0.3) is 0 Å². The minimum Gasteiger partial charge on any atom is -0.494 e. The molecule has 0 atom stereocenters. The summed E-state index contributed by atoms with van der Waals surface area (Å²) in [5, 5.41) is 2.46. The van der Waals surface area contributed by atoms with E-state index < -0.39 is 5.82 Å². The summed E-state index contributed by atoms with van der Waals surface area (Å²) in [6.07, 6.45) is 0. The Kier molecular flexibility index (Phi) is 11.4. The lowest BCUT2D eigenvalue weighted by molar-refractivity contribution is -0.114. The van der Waals surface area contributed by atoms with Gasteiger partial charge in [0.05, 0.1) is 7.11 Å².